The summed E-state index contributed by atoms with van der Waals surface area (Å²) in [6, 6.07) is 11.4. The van der Waals surface area contributed by atoms with Gasteiger partial charge in [-0.05, 0) is 61.6 Å². The van der Waals surface area contributed by atoms with Crippen molar-refractivity contribution in [2.75, 3.05) is 29.6 Å². The van der Waals surface area contributed by atoms with Crippen molar-refractivity contribution in [3.63, 3.8) is 0 Å². The number of hydrogen-bond donors (Lipinski definition) is 3. The molecule has 2 aromatic carbocycles. The molecule has 11 heteroatoms. The predicted molar refractivity (Wildman–Crippen MR) is 144 cm³/mol. The van der Waals surface area contributed by atoms with Crippen LogP contribution in [0.5, 0.6) is 0 Å². The van der Waals surface area contributed by atoms with E-state index in [1.165, 1.54) is 18.2 Å². The number of hydrogen-bond acceptors (Lipinski definition) is 7. The number of aromatic nitrogens is 1. The van der Waals surface area contributed by atoms with Crippen molar-refractivity contribution >= 4 is 46.3 Å². The maximum absolute atomic E-state index is 15.2. The molecule has 37 heavy (non-hydrogen) atoms. The van der Waals surface area contributed by atoms with Gasteiger partial charge in [0.25, 0.3) is 11.8 Å². The summed E-state index contributed by atoms with van der Waals surface area (Å²) in [5.74, 6) is -2.92. The van der Waals surface area contributed by atoms with Crippen LogP contribution in [0.1, 0.15) is 59.0 Å². The van der Waals surface area contributed by atoms with E-state index in [9.17, 15) is 14.4 Å². The lowest BCUT2D eigenvalue weighted by Gasteiger charge is -2.34. The number of carbonyl (C=O) groups is 3. The molecule has 3 aromatic rings. The van der Waals surface area contributed by atoms with Gasteiger partial charge < -0.3 is 21.7 Å². The molecule has 0 spiro atoms. The van der Waals surface area contributed by atoms with E-state index in [1.807, 2.05) is 39.8 Å². The summed E-state index contributed by atoms with van der Waals surface area (Å²) in [6.07, 6.45) is 0.614. The Morgan fingerprint density at radius 1 is 1.11 bits per heavy atom. The van der Waals surface area contributed by atoms with Gasteiger partial charge in [0.15, 0.2) is 5.69 Å². The highest BCUT2D eigenvalue weighted by Crippen LogP contribution is 2.35. The molecule has 0 aliphatic heterocycles. The van der Waals surface area contributed by atoms with Crippen LogP contribution in [0.2, 0.25) is 0 Å². The van der Waals surface area contributed by atoms with E-state index in [2.05, 4.69) is 9.69 Å². The average molecular weight is 527 g/mol. The Bertz CT molecular complexity index is 1310. The Kier molecular flexibility index (Phi) is 8.17. The molecule has 0 saturated carbocycles. The van der Waals surface area contributed by atoms with Crippen LogP contribution < -0.4 is 26.6 Å². The van der Waals surface area contributed by atoms with Gasteiger partial charge in [0.1, 0.15) is 16.7 Å². The Labute approximate surface area is 219 Å². The van der Waals surface area contributed by atoms with Crippen LogP contribution in [0, 0.1) is 5.82 Å². The fourth-order valence-electron chi connectivity index (χ4n) is 3.61. The quantitative estimate of drug-likeness (QED) is 0.389. The van der Waals surface area contributed by atoms with E-state index >= 15 is 4.39 Å². The van der Waals surface area contributed by atoms with Crippen LogP contribution in [0.15, 0.2) is 48.5 Å². The van der Waals surface area contributed by atoms with Crippen molar-refractivity contribution in [2.24, 2.45) is 5.73 Å². The summed E-state index contributed by atoms with van der Waals surface area (Å²) in [6.45, 7) is 5.63. The molecule has 0 aliphatic rings. The number of rotatable bonds is 9. The number of carbonyl (C=O) groups excluding carboxylic acids is 3. The van der Waals surface area contributed by atoms with Crippen molar-refractivity contribution in [1.29, 1.82) is 0 Å². The van der Waals surface area contributed by atoms with Crippen molar-refractivity contribution in [3.05, 3.63) is 70.5 Å². The number of amides is 3. The fraction of sp³-hybridized carbons (Fsp3) is 0.308. The van der Waals surface area contributed by atoms with Crippen molar-refractivity contribution in [1.82, 2.24) is 9.69 Å². The molecule has 9 nitrogen and oxygen atoms in total. The zero-order chi connectivity index (χ0) is 27.5. The van der Waals surface area contributed by atoms with E-state index in [4.69, 9.17) is 11.5 Å². The van der Waals surface area contributed by atoms with Crippen molar-refractivity contribution < 1.29 is 18.8 Å². The second-order valence-corrected chi connectivity index (χ2v) is 10.2. The largest absolute Gasteiger partial charge is 0.395 e. The van der Waals surface area contributed by atoms with Gasteiger partial charge in [-0.2, -0.15) is 4.37 Å². The second kappa shape index (κ2) is 11.0. The number of benzene rings is 2. The van der Waals surface area contributed by atoms with Gasteiger partial charge in [0.05, 0.1) is 11.4 Å². The minimum absolute atomic E-state index is 0.130. The number of nitrogen functional groups attached to an aromatic ring is 1. The minimum Gasteiger partial charge on any atom is -0.395 e. The molecule has 0 bridgehead atoms. The lowest BCUT2D eigenvalue weighted by atomic mass is 9.97. The van der Waals surface area contributed by atoms with E-state index in [1.54, 1.807) is 30.3 Å². The first-order valence-corrected chi connectivity index (χ1v) is 12.4. The summed E-state index contributed by atoms with van der Waals surface area (Å²) < 4.78 is 19.1. The molecule has 3 amide bonds. The van der Waals surface area contributed by atoms with Gasteiger partial charge >= 0.3 is 0 Å². The minimum atomic E-state index is -1.27. The van der Waals surface area contributed by atoms with Crippen LogP contribution in [0.4, 0.5) is 21.5 Å². The summed E-state index contributed by atoms with van der Waals surface area (Å²) in [4.78, 5) is 42.4. The zero-order valence-corrected chi connectivity index (χ0v) is 22.2. The molecule has 5 N–H and O–H groups in total. The van der Waals surface area contributed by atoms with Crippen LogP contribution in [-0.2, 0) is 4.79 Å². The number of nitrogens with one attached hydrogen (secondary N) is 1. The Morgan fingerprint density at radius 2 is 1.73 bits per heavy atom. The molecule has 1 aromatic heterocycles. The third-order valence-corrected chi connectivity index (χ3v) is 6.91. The molecule has 0 radical (unpaired) electrons. The van der Waals surface area contributed by atoms with Crippen molar-refractivity contribution in [3.8, 4) is 0 Å². The highest BCUT2D eigenvalue weighted by atomic mass is 32.1. The topological polar surface area (TPSA) is 135 Å². The van der Waals surface area contributed by atoms with E-state index in [0.29, 0.717) is 23.5 Å². The molecule has 0 aliphatic carbocycles. The van der Waals surface area contributed by atoms with Gasteiger partial charge in [-0.15, -0.1) is 0 Å². The second-order valence-electron chi connectivity index (χ2n) is 9.38. The fourth-order valence-corrected chi connectivity index (χ4v) is 4.36. The summed E-state index contributed by atoms with van der Waals surface area (Å²) in [5.41, 5.74) is 11.5. The summed E-state index contributed by atoms with van der Waals surface area (Å²) in [7, 11) is 3.75. The normalized spacial score (nSPS) is 12.1. The highest BCUT2D eigenvalue weighted by molar-refractivity contribution is 7.09. The van der Waals surface area contributed by atoms with Gasteiger partial charge in [-0.25, -0.2) is 4.39 Å². The zero-order valence-electron chi connectivity index (χ0n) is 21.4. The SMILES string of the molecule is CCC(C)(C)NC(=O)[C@H](c1ccc(N(C)C)cc1)N(C(=O)c1snc(C(N)=O)c1N)c1ccccc1F. The van der Waals surface area contributed by atoms with E-state index in [0.717, 1.165) is 10.6 Å². The molecule has 196 valence electrons. The maximum atomic E-state index is 15.2. The number of nitrogens with zero attached hydrogens (tertiary/aromatic N) is 3. The first kappa shape index (κ1) is 27.6. The molecule has 0 saturated heterocycles. The predicted octanol–water partition coefficient (Wildman–Crippen LogP) is 3.72. The van der Waals surface area contributed by atoms with Crippen LogP contribution >= 0.6 is 11.5 Å². The Morgan fingerprint density at radius 3 is 2.24 bits per heavy atom. The molecular weight excluding hydrogens is 495 g/mol. The van der Waals surface area contributed by atoms with Gasteiger partial charge in [0, 0.05) is 25.3 Å². The van der Waals surface area contributed by atoms with E-state index in [-0.39, 0.29) is 21.9 Å². The number of nitrogens with two attached hydrogens (primary N) is 2. The van der Waals surface area contributed by atoms with Crippen molar-refractivity contribution in [2.45, 2.75) is 38.8 Å². The van der Waals surface area contributed by atoms with E-state index < -0.39 is 35.1 Å². The number of para-hydroxylation sites is 1. The molecule has 1 heterocycles. The lowest BCUT2D eigenvalue weighted by Crippen LogP contribution is -2.50. The number of anilines is 3. The molecular formula is C26H31FN6O3S. The first-order valence-electron chi connectivity index (χ1n) is 11.6. The first-order chi connectivity index (χ1) is 17.4. The standard InChI is InChI=1S/C26H31FN6O3S/c1-6-26(2,3)30-24(35)21(15-11-13-16(14-12-15)32(4)5)33(18-10-8-7-9-17(18)27)25(36)22-19(28)20(23(29)34)31-37-22/h7-14,21H,6,28H2,1-5H3,(H2,29,34)(H,30,35)/t21-/m0/s1. The third-order valence-electron chi connectivity index (χ3n) is 6.06. The van der Waals surface area contributed by atoms with Gasteiger partial charge in [-0.1, -0.05) is 31.2 Å². The molecule has 0 unspecified atom stereocenters. The summed E-state index contributed by atoms with van der Waals surface area (Å²) >= 11 is 0.662. The van der Waals surface area contributed by atoms with Gasteiger partial charge in [0.2, 0.25) is 5.91 Å². The summed E-state index contributed by atoms with van der Waals surface area (Å²) in [5, 5.41) is 2.97. The van der Waals surface area contributed by atoms with Crippen LogP contribution in [-0.4, -0.2) is 41.7 Å². The van der Waals surface area contributed by atoms with Crippen LogP contribution in [0.3, 0.4) is 0 Å². The monoisotopic (exact) mass is 526 g/mol. The smallest absolute Gasteiger partial charge is 0.273 e. The molecule has 1 atom stereocenters. The maximum Gasteiger partial charge on any atom is 0.273 e. The Hall–Kier alpha value is -3.99. The highest BCUT2D eigenvalue weighted by Gasteiger charge is 2.38. The number of primary amides is 1. The molecule has 3 rings (SSSR count). The molecule has 0 fully saturated rings. The van der Waals surface area contributed by atoms with Gasteiger partial charge in [-0.3, -0.25) is 19.3 Å². The number of halogens is 1. The van der Waals surface area contributed by atoms with Crippen LogP contribution in [0.25, 0.3) is 0 Å². The lowest BCUT2D eigenvalue weighted by molar-refractivity contribution is -0.124. The average Bonchev–Trinajstić information content (AvgIpc) is 3.24. The third kappa shape index (κ3) is 5.88. The Balaban J connectivity index is 2.26.